The van der Waals surface area contributed by atoms with Crippen molar-refractivity contribution in [3.63, 3.8) is 0 Å². The molecule has 232 valence electrons. The molecule has 0 radical (unpaired) electrons. The first-order valence-electron chi connectivity index (χ1n) is 15.5. The fourth-order valence-electron chi connectivity index (χ4n) is 4.94. The monoisotopic (exact) mass is 601 g/mol. The van der Waals surface area contributed by atoms with E-state index in [4.69, 9.17) is 5.53 Å². The Morgan fingerprint density at radius 1 is 0.975 bits per heavy atom. The van der Waals surface area contributed by atoms with Crippen molar-refractivity contribution in [2.24, 2.45) is 5.11 Å². The maximum absolute atomic E-state index is 12.5. The van der Waals surface area contributed by atoms with Crippen molar-refractivity contribution in [1.82, 2.24) is 10.2 Å². The molecule has 9 nitrogen and oxygen atoms in total. The third kappa shape index (κ3) is 19.1. The quantitative estimate of drug-likeness (QED) is 0.0347. The lowest BCUT2D eigenvalue weighted by atomic mass is 10.0. The van der Waals surface area contributed by atoms with Crippen molar-refractivity contribution in [2.75, 3.05) is 32.0 Å². The second-order valence-electron chi connectivity index (χ2n) is 11.6. The number of likely N-dealkylation sites (tertiary alicyclic amines) is 1. The fourth-order valence-corrected chi connectivity index (χ4v) is 7.42. The Balaban J connectivity index is 1.90. The number of hydrogen-bond donors (Lipinski definition) is 3. The second kappa shape index (κ2) is 23.4. The highest BCUT2D eigenvalue weighted by molar-refractivity contribution is 8.77. The smallest absolute Gasteiger partial charge is 0.223 e. The van der Waals surface area contributed by atoms with Crippen molar-refractivity contribution in [1.29, 1.82) is 0 Å². The topological polar surface area (TPSA) is 139 Å². The summed E-state index contributed by atoms with van der Waals surface area (Å²) in [7, 11) is 3.47. The number of nitrogens with one attached hydrogen (secondary N) is 1. The Bertz CT molecular complexity index is 737. The highest BCUT2D eigenvalue weighted by atomic mass is 33.1. The Hall–Kier alpha value is -1.13. The van der Waals surface area contributed by atoms with Crippen molar-refractivity contribution in [2.45, 2.75) is 140 Å². The predicted octanol–water partition coefficient (Wildman–Crippen LogP) is 6.77. The molecule has 1 rings (SSSR count). The molecule has 0 aromatic heterocycles. The van der Waals surface area contributed by atoms with Gasteiger partial charge < -0.3 is 20.4 Å². The van der Waals surface area contributed by atoms with E-state index in [1.54, 1.807) is 26.5 Å². The van der Waals surface area contributed by atoms with Gasteiger partial charge in [-0.25, -0.2) is 0 Å². The Morgan fingerprint density at radius 3 is 2.12 bits per heavy atom. The van der Waals surface area contributed by atoms with Crippen LogP contribution in [0.3, 0.4) is 0 Å². The van der Waals surface area contributed by atoms with Crippen LogP contribution in [0, 0.1) is 0 Å². The molecule has 1 saturated heterocycles. The summed E-state index contributed by atoms with van der Waals surface area (Å²) in [5.41, 5.74) is 8.24. The van der Waals surface area contributed by atoms with Gasteiger partial charge in [0.05, 0.1) is 18.8 Å². The molecule has 0 aromatic carbocycles. The molecule has 0 aliphatic carbocycles. The first-order chi connectivity index (χ1) is 19.3. The van der Waals surface area contributed by atoms with Crippen molar-refractivity contribution < 1.29 is 19.8 Å². The minimum absolute atomic E-state index is 0.000457. The van der Waals surface area contributed by atoms with Crippen LogP contribution in [0.5, 0.6) is 0 Å². The summed E-state index contributed by atoms with van der Waals surface area (Å²) in [6.07, 6.45) is 17.5. The summed E-state index contributed by atoms with van der Waals surface area (Å²) in [5, 5.41) is 25.8. The van der Waals surface area contributed by atoms with Gasteiger partial charge in [-0.05, 0) is 45.1 Å². The molecule has 2 amide bonds. The van der Waals surface area contributed by atoms with E-state index in [-0.39, 0.29) is 29.2 Å². The number of carbonyl (C=O) groups excluding carboxylic acids is 2. The maximum Gasteiger partial charge on any atom is 0.223 e. The van der Waals surface area contributed by atoms with Crippen LogP contribution in [0.25, 0.3) is 10.4 Å². The molecule has 1 heterocycles. The standard InChI is InChI=1S/C29H55N5O4S2/c1-29(2,18-17-28(38)34-23-26(36)22-25(34)24-35)40-39-21-20-31-27(37)16-14-12-10-8-6-4-3-5-7-9-11-13-15-19-32-33-30/h25-26,35-36H,3-24H2,1-2H3,(H,31,37)/t25-,26+/m0/s1. The average molecular weight is 602 g/mol. The van der Waals surface area contributed by atoms with E-state index < -0.39 is 6.10 Å². The molecule has 0 unspecified atom stereocenters. The van der Waals surface area contributed by atoms with E-state index in [0.29, 0.717) is 38.9 Å². The van der Waals surface area contributed by atoms with Gasteiger partial charge in [-0.2, -0.15) is 0 Å². The first-order valence-corrected chi connectivity index (χ1v) is 17.8. The molecule has 0 spiro atoms. The summed E-state index contributed by atoms with van der Waals surface area (Å²) in [6, 6.07) is -0.262. The van der Waals surface area contributed by atoms with E-state index in [1.807, 2.05) is 0 Å². The van der Waals surface area contributed by atoms with Crippen LogP contribution in [0.15, 0.2) is 5.11 Å². The highest BCUT2D eigenvalue weighted by Gasteiger charge is 2.34. The van der Waals surface area contributed by atoms with Crippen molar-refractivity contribution in [3.8, 4) is 0 Å². The van der Waals surface area contributed by atoms with E-state index in [9.17, 15) is 19.8 Å². The highest BCUT2D eigenvalue weighted by Crippen LogP contribution is 2.38. The normalized spacial score (nSPS) is 17.1. The van der Waals surface area contributed by atoms with Crippen molar-refractivity contribution >= 4 is 33.4 Å². The Labute approximate surface area is 250 Å². The Kier molecular flexibility index (Phi) is 21.6. The molecule has 1 aliphatic rings. The number of aliphatic hydroxyl groups is 2. The third-order valence-electron chi connectivity index (χ3n) is 7.38. The van der Waals surface area contributed by atoms with Crippen LogP contribution in [0.4, 0.5) is 0 Å². The summed E-state index contributed by atoms with van der Waals surface area (Å²) < 4.78 is -0.0764. The van der Waals surface area contributed by atoms with Crippen LogP contribution in [-0.4, -0.2) is 75.8 Å². The lowest BCUT2D eigenvalue weighted by molar-refractivity contribution is -0.133. The number of aliphatic hydroxyl groups excluding tert-OH is 2. The summed E-state index contributed by atoms with van der Waals surface area (Å²) in [5.74, 6) is 0.968. The molecule has 1 fully saturated rings. The van der Waals surface area contributed by atoms with Crippen LogP contribution in [-0.2, 0) is 9.59 Å². The molecule has 40 heavy (non-hydrogen) atoms. The zero-order chi connectivity index (χ0) is 29.5. The number of amides is 2. The van der Waals surface area contributed by atoms with Crippen LogP contribution < -0.4 is 5.32 Å². The van der Waals surface area contributed by atoms with E-state index in [2.05, 4.69) is 29.2 Å². The lowest BCUT2D eigenvalue weighted by Crippen LogP contribution is -2.38. The van der Waals surface area contributed by atoms with Gasteiger partial charge in [-0.3, -0.25) is 9.59 Å². The van der Waals surface area contributed by atoms with Gasteiger partial charge in [0.25, 0.3) is 0 Å². The first kappa shape index (κ1) is 36.9. The van der Waals surface area contributed by atoms with Gasteiger partial charge in [0.2, 0.25) is 11.8 Å². The molecule has 0 aromatic rings. The maximum atomic E-state index is 12.5. The van der Waals surface area contributed by atoms with Crippen LogP contribution in [0.2, 0.25) is 0 Å². The van der Waals surface area contributed by atoms with E-state index in [1.165, 1.54) is 64.2 Å². The lowest BCUT2D eigenvalue weighted by Gasteiger charge is -2.26. The predicted molar refractivity (Wildman–Crippen MR) is 168 cm³/mol. The minimum atomic E-state index is -0.537. The van der Waals surface area contributed by atoms with E-state index in [0.717, 1.165) is 31.4 Å². The molecule has 0 saturated carbocycles. The number of nitrogens with zero attached hydrogens (tertiary/aromatic N) is 4. The number of azide groups is 1. The van der Waals surface area contributed by atoms with Crippen molar-refractivity contribution in [3.05, 3.63) is 10.4 Å². The summed E-state index contributed by atoms with van der Waals surface area (Å²) in [6.45, 7) is 5.75. The molecular weight excluding hydrogens is 546 g/mol. The number of hydrogen-bond acceptors (Lipinski definition) is 7. The molecule has 1 aliphatic heterocycles. The Morgan fingerprint density at radius 2 is 1.55 bits per heavy atom. The molecule has 11 heteroatoms. The zero-order valence-corrected chi connectivity index (χ0v) is 26.7. The largest absolute Gasteiger partial charge is 0.394 e. The van der Waals surface area contributed by atoms with Crippen LogP contribution >= 0.6 is 21.6 Å². The second-order valence-corrected chi connectivity index (χ2v) is 14.7. The summed E-state index contributed by atoms with van der Waals surface area (Å²) >= 11 is 0. The summed E-state index contributed by atoms with van der Waals surface area (Å²) in [4.78, 5) is 29.0. The molecule has 0 bridgehead atoms. The van der Waals surface area contributed by atoms with Gasteiger partial charge in [-0.15, -0.1) is 0 Å². The number of carbonyl (C=O) groups is 2. The van der Waals surface area contributed by atoms with Gasteiger partial charge >= 0.3 is 0 Å². The van der Waals surface area contributed by atoms with Gasteiger partial charge in [-0.1, -0.05) is 97.3 Å². The van der Waals surface area contributed by atoms with Gasteiger partial charge in [0.1, 0.15) is 0 Å². The number of rotatable bonds is 25. The average Bonchev–Trinajstić information content (AvgIpc) is 3.32. The number of β-amino-alcohol motifs (C(OH)–C–C–N with tert-alkyl or cyclic N) is 1. The SMILES string of the molecule is CC(C)(CCC(=O)N1C[C@H](O)C[C@H]1CO)SSCCNC(=O)CCCCCCCCCCCCCCCN=[N+]=[N-]. The molecule has 3 N–H and O–H groups in total. The zero-order valence-electron chi connectivity index (χ0n) is 25.0. The molecular formula is C29H55N5O4S2. The fraction of sp³-hybridized carbons (Fsp3) is 0.931. The molecule has 2 atom stereocenters. The van der Waals surface area contributed by atoms with Gasteiger partial charge in [0.15, 0.2) is 0 Å². The van der Waals surface area contributed by atoms with E-state index >= 15 is 0 Å². The minimum Gasteiger partial charge on any atom is -0.394 e. The number of unbranched alkanes of at least 4 members (excludes halogenated alkanes) is 12. The van der Waals surface area contributed by atoms with Gasteiger partial charge in [0, 0.05) is 47.9 Å². The van der Waals surface area contributed by atoms with Crippen LogP contribution in [0.1, 0.15) is 123 Å². The third-order valence-corrected chi connectivity index (χ3v) is 10.7.